The number of hydrogen-bond donors (Lipinski definition) is 2. The standard InChI is InChI=1S/C10H17N3/c1-3-9-4-5-10(12-7-9)6-8(2)13-11/h4-5,7-8,13H,3,6,11H2,1-2H3. The molecule has 0 aliphatic heterocycles. The molecule has 0 fully saturated rings. The maximum Gasteiger partial charge on any atom is 0.0419 e. The summed E-state index contributed by atoms with van der Waals surface area (Å²) in [6.07, 6.45) is 3.84. The summed E-state index contributed by atoms with van der Waals surface area (Å²) < 4.78 is 0. The molecule has 0 aromatic carbocycles. The lowest BCUT2D eigenvalue weighted by Gasteiger charge is -2.08. The number of aryl methyl sites for hydroxylation is 1. The Kier molecular flexibility index (Phi) is 3.86. The highest BCUT2D eigenvalue weighted by molar-refractivity contribution is 5.14. The van der Waals surface area contributed by atoms with Crippen molar-refractivity contribution in [2.75, 3.05) is 0 Å². The van der Waals surface area contributed by atoms with Crippen LogP contribution in [0.25, 0.3) is 0 Å². The summed E-state index contributed by atoms with van der Waals surface area (Å²) in [5, 5.41) is 0. The fraction of sp³-hybridized carbons (Fsp3) is 0.500. The zero-order valence-electron chi connectivity index (χ0n) is 8.25. The lowest BCUT2D eigenvalue weighted by molar-refractivity contribution is 0.561. The highest BCUT2D eigenvalue weighted by Crippen LogP contribution is 2.03. The van der Waals surface area contributed by atoms with Crippen molar-refractivity contribution >= 4 is 0 Å². The van der Waals surface area contributed by atoms with Crippen molar-refractivity contribution < 1.29 is 0 Å². The van der Waals surface area contributed by atoms with Gasteiger partial charge in [-0.05, 0) is 25.0 Å². The van der Waals surface area contributed by atoms with Crippen molar-refractivity contribution in [3.05, 3.63) is 29.6 Å². The van der Waals surface area contributed by atoms with E-state index in [4.69, 9.17) is 5.84 Å². The predicted molar refractivity (Wildman–Crippen MR) is 54.1 cm³/mol. The molecule has 1 rings (SSSR count). The molecule has 3 heteroatoms. The molecule has 0 spiro atoms. The van der Waals surface area contributed by atoms with Crippen molar-refractivity contribution in [1.29, 1.82) is 0 Å². The van der Waals surface area contributed by atoms with E-state index in [0.717, 1.165) is 18.5 Å². The van der Waals surface area contributed by atoms with Crippen molar-refractivity contribution in [2.45, 2.75) is 32.7 Å². The van der Waals surface area contributed by atoms with Crippen molar-refractivity contribution in [3.8, 4) is 0 Å². The van der Waals surface area contributed by atoms with Gasteiger partial charge in [-0.1, -0.05) is 13.0 Å². The lowest BCUT2D eigenvalue weighted by atomic mass is 10.1. The lowest BCUT2D eigenvalue weighted by Crippen LogP contribution is -2.34. The quantitative estimate of drug-likeness (QED) is 0.536. The molecule has 1 aromatic rings. The normalized spacial score (nSPS) is 12.8. The Hall–Kier alpha value is -0.930. The molecule has 0 saturated carbocycles. The van der Waals surface area contributed by atoms with E-state index < -0.39 is 0 Å². The van der Waals surface area contributed by atoms with Gasteiger partial charge in [0.05, 0.1) is 0 Å². The Morgan fingerprint density at radius 3 is 2.77 bits per heavy atom. The van der Waals surface area contributed by atoms with Crippen molar-refractivity contribution in [1.82, 2.24) is 10.4 Å². The van der Waals surface area contributed by atoms with Gasteiger partial charge in [-0.25, -0.2) is 0 Å². The molecule has 0 aliphatic carbocycles. The van der Waals surface area contributed by atoms with Gasteiger partial charge >= 0.3 is 0 Å². The summed E-state index contributed by atoms with van der Waals surface area (Å²) in [7, 11) is 0. The Balaban J connectivity index is 2.58. The van der Waals surface area contributed by atoms with E-state index >= 15 is 0 Å². The molecule has 13 heavy (non-hydrogen) atoms. The van der Waals surface area contributed by atoms with Gasteiger partial charge in [-0.2, -0.15) is 0 Å². The van der Waals surface area contributed by atoms with E-state index in [1.165, 1.54) is 5.56 Å². The Morgan fingerprint density at radius 1 is 1.54 bits per heavy atom. The third kappa shape index (κ3) is 3.13. The number of nitrogens with zero attached hydrogens (tertiary/aromatic N) is 1. The van der Waals surface area contributed by atoms with Crippen LogP contribution >= 0.6 is 0 Å². The number of aromatic nitrogens is 1. The average Bonchev–Trinajstić information content (AvgIpc) is 2.19. The molecule has 0 amide bonds. The molecule has 3 N–H and O–H groups in total. The maximum atomic E-state index is 5.30. The minimum Gasteiger partial charge on any atom is -0.271 e. The summed E-state index contributed by atoms with van der Waals surface area (Å²) in [4.78, 5) is 4.34. The second kappa shape index (κ2) is 4.94. The molecule has 0 radical (unpaired) electrons. The minimum atomic E-state index is 0.278. The Bertz CT molecular complexity index is 243. The van der Waals surface area contributed by atoms with Gasteiger partial charge in [-0.15, -0.1) is 0 Å². The van der Waals surface area contributed by atoms with Crippen LogP contribution in [0.3, 0.4) is 0 Å². The third-order valence-corrected chi connectivity index (χ3v) is 2.09. The van der Waals surface area contributed by atoms with Crippen LogP contribution in [-0.2, 0) is 12.8 Å². The van der Waals surface area contributed by atoms with Gasteiger partial charge in [-0.3, -0.25) is 16.3 Å². The summed E-state index contributed by atoms with van der Waals surface area (Å²) in [6.45, 7) is 4.16. The molecule has 1 heterocycles. The van der Waals surface area contributed by atoms with E-state index in [2.05, 4.69) is 29.5 Å². The number of rotatable bonds is 4. The second-order valence-electron chi connectivity index (χ2n) is 3.28. The molecule has 1 atom stereocenters. The molecular formula is C10H17N3. The molecule has 1 aromatic heterocycles. The highest BCUT2D eigenvalue weighted by atomic mass is 15.2. The summed E-state index contributed by atoms with van der Waals surface area (Å²) in [6, 6.07) is 4.46. The predicted octanol–water partition coefficient (Wildman–Crippen LogP) is 1.04. The number of hydrogen-bond acceptors (Lipinski definition) is 3. The maximum absolute atomic E-state index is 5.30. The molecule has 0 saturated heterocycles. The Labute approximate surface area is 79.3 Å². The van der Waals surface area contributed by atoms with Gasteiger partial charge in [0.15, 0.2) is 0 Å². The van der Waals surface area contributed by atoms with E-state index in [1.807, 2.05) is 13.1 Å². The first-order valence-corrected chi connectivity index (χ1v) is 4.66. The first kappa shape index (κ1) is 10.2. The van der Waals surface area contributed by atoms with Gasteiger partial charge < -0.3 is 0 Å². The molecule has 1 unspecified atom stereocenters. The van der Waals surface area contributed by atoms with E-state index in [0.29, 0.717) is 0 Å². The average molecular weight is 179 g/mol. The summed E-state index contributed by atoms with van der Waals surface area (Å²) in [5.74, 6) is 5.30. The van der Waals surface area contributed by atoms with E-state index in [9.17, 15) is 0 Å². The summed E-state index contributed by atoms with van der Waals surface area (Å²) in [5.41, 5.74) is 5.06. The van der Waals surface area contributed by atoms with Crippen molar-refractivity contribution in [3.63, 3.8) is 0 Å². The van der Waals surface area contributed by atoms with Crippen LogP contribution in [0.1, 0.15) is 25.1 Å². The number of nitrogens with one attached hydrogen (secondary N) is 1. The van der Waals surface area contributed by atoms with Gasteiger partial charge in [0.25, 0.3) is 0 Å². The van der Waals surface area contributed by atoms with E-state index in [-0.39, 0.29) is 6.04 Å². The molecular weight excluding hydrogens is 162 g/mol. The van der Waals surface area contributed by atoms with Crippen LogP contribution < -0.4 is 11.3 Å². The largest absolute Gasteiger partial charge is 0.271 e. The van der Waals surface area contributed by atoms with E-state index in [1.54, 1.807) is 0 Å². The zero-order valence-corrected chi connectivity index (χ0v) is 8.25. The van der Waals surface area contributed by atoms with Crippen LogP contribution in [0.4, 0.5) is 0 Å². The number of nitrogens with two attached hydrogens (primary N) is 1. The molecule has 0 aliphatic rings. The highest BCUT2D eigenvalue weighted by Gasteiger charge is 2.01. The van der Waals surface area contributed by atoms with Gasteiger partial charge in [0, 0.05) is 24.4 Å². The third-order valence-electron chi connectivity index (χ3n) is 2.09. The number of pyridine rings is 1. The zero-order chi connectivity index (χ0) is 9.68. The smallest absolute Gasteiger partial charge is 0.0419 e. The van der Waals surface area contributed by atoms with Gasteiger partial charge in [0.1, 0.15) is 0 Å². The van der Waals surface area contributed by atoms with Crippen LogP contribution in [0.15, 0.2) is 18.3 Å². The fourth-order valence-electron chi connectivity index (χ4n) is 1.16. The molecule has 3 nitrogen and oxygen atoms in total. The minimum absolute atomic E-state index is 0.278. The first-order valence-electron chi connectivity index (χ1n) is 4.66. The first-order chi connectivity index (χ1) is 6.26. The van der Waals surface area contributed by atoms with Gasteiger partial charge in [0.2, 0.25) is 0 Å². The Morgan fingerprint density at radius 2 is 2.31 bits per heavy atom. The SMILES string of the molecule is CCc1ccc(CC(C)NN)nc1. The van der Waals surface area contributed by atoms with Crippen LogP contribution in [0.5, 0.6) is 0 Å². The monoisotopic (exact) mass is 179 g/mol. The van der Waals surface area contributed by atoms with Crippen molar-refractivity contribution in [2.24, 2.45) is 5.84 Å². The molecule has 72 valence electrons. The van der Waals surface area contributed by atoms with Crippen LogP contribution in [-0.4, -0.2) is 11.0 Å². The fourth-order valence-corrected chi connectivity index (χ4v) is 1.16. The van der Waals surface area contributed by atoms with Crippen LogP contribution in [0, 0.1) is 0 Å². The summed E-state index contributed by atoms with van der Waals surface area (Å²) >= 11 is 0. The topological polar surface area (TPSA) is 50.9 Å². The molecule has 0 bridgehead atoms. The van der Waals surface area contributed by atoms with Crippen LogP contribution in [0.2, 0.25) is 0 Å². The number of hydrazine groups is 1. The second-order valence-corrected chi connectivity index (χ2v) is 3.28.